The minimum Gasteiger partial charge on any atom is -0.335 e. The van der Waals surface area contributed by atoms with E-state index < -0.39 is 0 Å². The summed E-state index contributed by atoms with van der Waals surface area (Å²) >= 11 is 1.61. The molecule has 2 unspecified atom stereocenters. The lowest BCUT2D eigenvalue weighted by Gasteiger charge is -2.44. The van der Waals surface area contributed by atoms with Crippen LogP contribution in [0.15, 0.2) is 23.7 Å². The van der Waals surface area contributed by atoms with Gasteiger partial charge in [0.1, 0.15) is 5.69 Å². The summed E-state index contributed by atoms with van der Waals surface area (Å²) in [6, 6.07) is 4.49. The van der Waals surface area contributed by atoms with Gasteiger partial charge in [-0.15, -0.1) is 11.3 Å². The van der Waals surface area contributed by atoms with Gasteiger partial charge >= 0.3 is 0 Å². The standard InChI is InChI=1S/C18H23N3OS/c1-20-10-8-15(19-20)17-11-14(12-23-17)18(22)21-9-4-6-13-5-2-3-7-16(13)21/h8,10-13,16H,2-7,9H2,1H3. The van der Waals surface area contributed by atoms with Crippen LogP contribution in [-0.2, 0) is 7.05 Å². The lowest BCUT2D eigenvalue weighted by atomic mass is 9.78. The molecule has 0 N–H and O–H groups in total. The Bertz CT molecular complexity index is 703. The molecule has 1 amide bonds. The molecular formula is C18H23N3OS. The van der Waals surface area contributed by atoms with Crippen LogP contribution in [0.1, 0.15) is 48.9 Å². The number of rotatable bonds is 2. The van der Waals surface area contributed by atoms with Gasteiger partial charge in [-0.05, 0) is 43.7 Å². The first-order chi connectivity index (χ1) is 11.2. The summed E-state index contributed by atoms with van der Waals surface area (Å²) in [7, 11) is 1.92. The van der Waals surface area contributed by atoms with Crippen LogP contribution in [0, 0.1) is 5.92 Å². The van der Waals surface area contributed by atoms with Crippen molar-refractivity contribution in [3.05, 3.63) is 29.3 Å². The van der Waals surface area contributed by atoms with E-state index in [9.17, 15) is 4.79 Å². The minimum absolute atomic E-state index is 0.222. The van der Waals surface area contributed by atoms with Crippen molar-refractivity contribution in [2.45, 2.75) is 44.6 Å². The second-order valence-corrected chi connectivity index (χ2v) is 7.74. The Morgan fingerprint density at radius 3 is 2.91 bits per heavy atom. The molecule has 3 heterocycles. The second-order valence-electron chi connectivity index (χ2n) is 6.83. The van der Waals surface area contributed by atoms with Crippen LogP contribution in [0.5, 0.6) is 0 Å². The van der Waals surface area contributed by atoms with Crippen molar-refractivity contribution in [1.29, 1.82) is 0 Å². The fourth-order valence-corrected chi connectivity index (χ4v) is 5.02. The number of carbonyl (C=O) groups is 1. The van der Waals surface area contributed by atoms with Crippen LogP contribution in [0.3, 0.4) is 0 Å². The van der Waals surface area contributed by atoms with Crippen LogP contribution in [0.2, 0.25) is 0 Å². The molecule has 1 saturated carbocycles. The molecule has 0 aromatic carbocycles. The summed E-state index contributed by atoms with van der Waals surface area (Å²) in [6.45, 7) is 0.925. The maximum Gasteiger partial charge on any atom is 0.254 e. The highest BCUT2D eigenvalue weighted by Crippen LogP contribution is 2.36. The predicted octanol–water partition coefficient (Wildman–Crippen LogP) is 3.94. The number of aromatic nitrogens is 2. The number of hydrogen-bond donors (Lipinski definition) is 0. The van der Waals surface area contributed by atoms with Crippen molar-refractivity contribution in [3.8, 4) is 10.6 Å². The molecule has 1 saturated heterocycles. The van der Waals surface area contributed by atoms with Crippen LogP contribution < -0.4 is 0 Å². The summed E-state index contributed by atoms with van der Waals surface area (Å²) in [5.74, 6) is 0.954. The summed E-state index contributed by atoms with van der Waals surface area (Å²) in [4.78, 5) is 16.3. The van der Waals surface area contributed by atoms with E-state index in [1.165, 1.54) is 32.1 Å². The number of carbonyl (C=O) groups excluding carboxylic acids is 1. The first kappa shape index (κ1) is 14.9. The Balaban J connectivity index is 1.55. The Morgan fingerprint density at radius 2 is 2.09 bits per heavy atom. The molecule has 1 aliphatic heterocycles. The maximum absolute atomic E-state index is 13.0. The van der Waals surface area contributed by atoms with Crippen molar-refractivity contribution in [2.75, 3.05) is 6.54 Å². The van der Waals surface area contributed by atoms with E-state index in [1.54, 1.807) is 16.0 Å². The summed E-state index contributed by atoms with van der Waals surface area (Å²) in [5.41, 5.74) is 1.78. The number of nitrogens with zero attached hydrogens (tertiary/aromatic N) is 3. The van der Waals surface area contributed by atoms with Crippen molar-refractivity contribution in [3.63, 3.8) is 0 Å². The number of hydrogen-bond acceptors (Lipinski definition) is 3. The predicted molar refractivity (Wildman–Crippen MR) is 92.5 cm³/mol. The highest BCUT2D eigenvalue weighted by Gasteiger charge is 2.36. The Morgan fingerprint density at radius 1 is 1.26 bits per heavy atom. The van der Waals surface area contributed by atoms with Crippen molar-refractivity contribution >= 4 is 17.2 Å². The molecule has 0 spiro atoms. The molecule has 23 heavy (non-hydrogen) atoms. The fourth-order valence-electron chi connectivity index (χ4n) is 4.17. The molecule has 0 radical (unpaired) electrons. The van der Waals surface area contributed by atoms with E-state index in [1.807, 2.05) is 30.8 Å². The van der Waals surface area contributed by atoms with E-state index in [-0.39, 0.29) is 5.91 Å². The molecule has 4 nitrogen and oxygen atoms in total. The third-order valence-corrected chi connectivity index (χ3v) is 6.27. The number of piperidine rings is 1. The van der Waals surface area contributed by atoms with Gasteiger partial charge in [-0.2, -0.15) is 5.10 Å². The van der Waals surface area contributed by atoms with E-state index >= 15 is 0 Å². The summed E-state index contributed by atoms with van der Waals surface area (Å²) in [6.07, 6.45) is 9.50. The highest BCUT2D eigenvalue weighted by molar-refractivity contribution is 7.13. The molecule has 5 heteroatoms. The molecule has 1 aliphatic carbocycles. The van der Waals surface area contributed by atoms with Crippen molar-refractivity contribution in [1.82, 2.24) is 14.7 Å². The smallest absolute Gasteiger partial charge is 0.254 e. The van der Waals surface area contributed by atoms with E-state index in [4.69, 9.17) is 0 Å². The van der Waals surface area contributed by atoms with Gasteiger partial charge in [0.2, 0.25) is 0 Å². The molecule has 2 aromatic rings. The highest BCUT2D eigenvalue weighted by atomic mass is 32.1. The van der Waals surface area contributed by atoms with Gasteiger partial charge in [-0.3, -0.25) is 9.48 Å². The van der Waals surface area contributed by atoms with Gasteiger partial charge in [-0.1, -0.05) is 12.8 Å². The molecule has 2 aromatic heterocycles. The van der Waals surface area contributed by atoms with E-state index in [2.05, 4.69) is 10.00 Å². The quantitative estimate of drug-likeness (QED) is 0.837. The third kappa shape index (κ3) is 2.82. The van der Waals surface area contributed by atoms with Crippen LogP contribution in [-0.4, -0.2) is 33.2 Å². The largest absolute Gasteiger partial charge is 0.335 e. The first-order valence-corrected chi connectivity index (χ1v) is 9.50. The molecule has 4 rings (SSSR count). The maximum atomic E-state index is 13.0. The van der Waals surface area contributed by atoms with Crippen LogP contribution in [0.25, 0.3) is 10.6 Å². The topological polar surface area (TPSA) is 38.1 Å². The Kier molecular flexibility index (Phi) is 3.97. The number of amides is 1. The first-order valence-electron chi connectivity index (χ1n) is 8.62. The normalized spacial score (nSPS) is 24.5. The number of thiophene rings is 1. The molecule has 2 fully saturated rings. The minimum atomic E-state index is 0.222. The summed E-state index contributed by atoms with van der Waals surface area (Å²) < 4.78 is 1.80. The van der Waals surface area contributed by atoms with Crippen LogP contribution in [0.4, 0.5) is 0 Å². The zero-order valence-electron chi connectivity index (χ0n) is 13.6. The molecular weight excluding hydrogens is 306 g/mol. The number of aryl methyl sites for hydroxylation is 1. The molecule has 0 bridgehead atoms. The van der Waals surface area contributed by atoms with Gasteiger partial charge in [0.25, 0.3) is 5.91 Å². The Labute approximate surface area is 141 Å². The molecule has 2 aliphatic rings. The van der Waals surface area contributed by atoms with Gasteiger partial charge in [0.15, 0.2) is 0 Å². The van der Waals surface area contributed by atoms with Gasteiger partial charge in [0, 0.05) is 31.2 Å². The summed E-state index contributed by atoms with van der Waals surface area (Å²) in [5, 5.41) is 6.43. The number of likely N-dealkylation sites (tertiary alicyclic amines) is 1. The lowest BCUT2D eigenvalue weighted by Crippen LogP contribution is -2.49. The van der Waals surface area contributed by atoms with Crippen LogP contribution >= 0.6 is 11.3 Å². The second kappa shape index (κ2) is 6.11. The number of fused-ring (bicyclic) bond motifs is 1. The van der Waals surface area contributed by atoms with Crippen molar-refractivity contribution < 1.29 is 4.79 Å². The third-order valence-electron chi connectivity index (χ3n) is 5.32. The van der Waals surface area contributed by atoms with Crippen molar-refractivity contribution in [2.24, 2.45) is 13.0 Å². The van der Waals surface area contributed by atoms with E-state index in [0.29, 0.717) is 6.04 Å². The SMILES string of the molecule is Cn1ccc(-c2cc(C(=O)N3CCCC4CCCCC43)cs2)n1. The average molecular weight is 329 g/mol. The zero-order valence-corrected chi connectivity index (χ0v) is 14.4. The zero-order chi connectivity index (χ0) is 15.8. The average Bonchev–Trinajstić information content (AvgIpc) is 3.22. The fraction of sp³-hybridized carbons (Fsp3) is 0.556. The lowest BCUT2D eigenvalue weighted by molar-refractivity contribution is 0.0391. The monoisotopic (exact) mass is 329 g/mol. The van der Waals surface area contributed by atoms with E-state index in [0.717, 1.165) is 35.0 Å². The van der Waals surface area contributed by atoms with Gasteiger partial charge < -0.3 is 4.90 Å². The molecule has 2 atom stereocenters. The van der Waals surface area contributed by atoms with Gasteiger partial charge in [-0.25, -0.2) is 0 Å². The Hall–Kier alpha value is -1.62. The molecule has 122 valence electrons. The van der Waals surface area contributed by atoms with Gasteiger partial charge in [0.05, 0.1) is 10.4 Å².